The van der Waals surface area contributed by atoms with Crippen LogP contribution in [0.25, 0.3) is 0 Å². The molecule has 0 aromatic heterocycles. The maximum absolute atomic E-state index is 12.2. The van der Waals surface area contributed by atoms with Crippen molar-refractivity contribution in [3.05, 3.63) is 0 Å². The van der Waals surface area contributed by atoms with Gasteiger partial charge in [0.25, 0.3) is 0 Å². The Bertz CT molecular complexity index is 128. The summed E-state index contributed by atoms with van der Waals surface area (Å²) in [5.41, 5.74) is 0. The standard InChI is InChI=1S/C7H12F3N/c1-2-6(7(8,9)10)11-4-3-5-11/h6H,2-5H2,1H3. The third-order valence-electron chi connectivity index (χ3n) is 2.10. The Morgan fingerprint density at radius 2 is 1.91 bits per heavy atom. The Kier molecular flexibility index (Phi) is 2.42. The topological polar surface area (TPSA) is 3.24 Å². The first kappa shape index (κ1) is 8.84. The van der Waals surface area contributed by atoms with Gasteiger partial charge in [0.15, 0.2) is 0 Å². The van der Waals surface area contributed by atoms with Crippen molar-refractivity contribution >= 4 is 0 Å². The second-order valence-corrected chi connectivity index (χ2v) is 2.86. The minimum atomic E-state index is -4.03. The number of rotatable bonds is 2. The molecule has 1 heterocycles. The first-order valence-electron chi connectivity index (χ1n) is 3.86. The smallest absolute Gasteiger partial charge is 0.292 e. The van der Waals surface area contributed by atoms with Gasteiger partial charge in [0, 0.05) is 0 Å². The van der Waals surface area contributed by atoms with Crippen LogP contribution in [0.4, 0.5) is 13.2 Å². The highest BCUT2D eigenvalue weighted by Gasteiger charge is 2.43. The van der Waals surface area contributed by atoms with E-state index in [1.54, 1.807) is 6.92 Å². The lowest BCUT2D eigenvalue weighted by Crippen LogP contribution is -2.51. The quantitative estimate of drug-likeness (QED) is 0.608. The summed E-state index contributed by atoms with van der Waals surface area (Å²) in [7, 11) is 0. The summed E-state index contributed by atoms with van der Waals surface area (Å²) in [6.45, 7) is 2.80. The van der Waals surface area contributed by atoms with Crippen molar-refractivity contribution in [2.45, 2.75) is 32.0 Å². The van der Waals surface area contributed by atoms with Gasteiger partial charge < -0.3 is 0 Å². The van der Waals surface area contributed by atoms with Crippen LogP contribution < -0.4 is 0 Å². The predicted octanol–water partition coefficient (Wildman–Crippen LogP) is 2.03. The molecule has 0 saturated carbocycles. The molecule has 0 aromatic rings. The fourth-order valence-corrected chi connectivity index (χ4v) is 1.35. The molecule has 66 valence electrons. The Labute approximate surface area is 64.2 Å². The van der Waals surface area contributed by atoms with E-state index in [0.717, 1.165) is 6.42 Å². The van der Waals surface area contributed by atoms with E-state index in [1.807, 2.05) is 0 Å². The molecule has 0 amide bonds. The lowest BCUT2D eigenvalue weighted by molar-refractivity contribution is -0.193. The van der Waals surface area contributed by atoms with Crippen molar-refractivity contribution in [1.82, 2.24) is 4.90 Å². The number of nitrogens with zero attached hydrogens (tertiary/aromatic N) is 1. The monoisotopic (exact) mass is 167 g/mol. The molecule has 11 heavy (non-hydrogen) atoms. The van der Waals surface area contributed by atoms with Crippen LogP contribution in [0.1, 0.15) is 19.8 Å². The molecule has 1 unspecified atom stereocenters. The molecule has 0 bridgehead atoms. The number of alkyl halides is 3. The van der Waals surface area contributed by atoms with Crippen molar-refractivity contribution in [3.8, 4) is 0 Å². The van der Waals surface area contributed by atoms with Crippen LogP contribution in [0.3, 0.4) is 0 Å². The lowest BCUT2D eigenvalue weighted by Gasteiger charge is -2.38. The molecule has 1 atom stereocenters. The van der Waals surface area contributed by atoms with Crippen molar-refractivity contribution < 1.29 is 13.2 Å². The maximum Gasteiger partial charge on any atom is 0.404 e. The van der Waals surface area contributed by atoms with Gasteiger partial charge in [-0.15, -0.1) is 0 Å². The summed E-state index contributed by atoms with van der Waals surface area (Å²) in [5, 5.41) is 0. The van der Waals surface area contributed by atoms with Crippen LogP contribution in [0.5, 0.6) is 0 Å². The Morgan fingerprint density at radius 1 is 1.36 bits per heavy atom. The lowest BCUT2D eigenvalue weighted by atomic mass is 10.1. The van der Waals surface area contributed by atoms with Gasteiger partial charge >= 0.3 is 6.18 Å². The van der Waals surface area contributed by atoms with E-state index in [4.69, 9.17) is 0 Å². The van der Waals surface area contributed by atoms with E-state index < -0.39 is 12.2 Å². The number of hydrogen-bond donors (Lipinski definition) is 0. The molecule has 0 radical (unpaired) electrons. The maximum atomic E-state index is 12.2. The van der Waals surface area contributed by atoms with Crippen molar-refractivity contribution in [2.24, 2.45) is 0 Å². The summed E-state index contributed by atoms with van der Waals surface area (Å²) in [5.74, 6) is 0. The van der Waals surface area contributed by atoms with E-state index in [0.29, 0.717) is 13.1 Å². The zero-order valence-corrected chi connectivity index (χ0v) is 6.49. The molecule has 0 aromatic carbocycles. The van der Waals surface area contributed by atoms with Crippen LogP contribution >= 0.6 is 0 Å². The Hall–Kier alpha value is -0.250. The zero-order chi connectivity index (χ0) is 8.48. The molecule has 1 rings (SSSR count). The molecule has 1 saturated heterocycles. The normalized spacial score (nSPS) is 22.9. The summed E-state index contributed by atoms with van der Waals surface area (Å²) in [6, 6.07) is -1.20. The van der Waals surface area contributed by atoms with Gasteiger partial charge in [0.2, 0.25) is 0 Å². The fourth-order valence-electron chi connectivity index (χ4n) is 1.35. The average Bonchev–Trinajstić information content (AvgIpc) is 1.74. The van der Waals surface area contributed by atoms with E-state index in [-0.39, 0.29) is 6.42 Å². The van der Waals surface area contributed by atoms with Crippen LogP contribution in [0.2, 0.25) is 0 Å². The van der Waals surface area contributed by atoms with Gasteiger partial charge in [0.05, 0.1) is 0 Å². The highest BCUT2D eigenvalue weighted by molar-refractivity contribution is 4.82. The summed E-state index contributed by atoms with van der Waals surface area (Å²) in [6.07, 6.45) is -2.95. The molecule has 1 aliphatic rings. The van der Waals surface area contributed by atoms with E-state index in [1.165, 1.54) is 4.90 Å². The molecule has 0 aliphatic carbocycles. The molecular weight excluding hydrogens is 155 g/mol. The first-order chi connectivity index (χ1) is 5.05. The van der Waals surface area contributed by atoms with Crippen molar-refractivity contribution in [3.63, 3.8) is 0 Å². The van der Waals surface area contributed by atoms with Gasteiger partial charge in [-0.1, -0.05) is 6.92 Å². The molecule has 1 nitrogen and oxygen atoms in total. The second kappa shape index (κ2) is 3.01. The number of hydrogen-bond acceptors (Lipinski definition) is 1. The van der Waals surface area contributed by atoms with Crippen LogP contribution in [-0.4, -0.2) is 30.2 Å². The summed E-state index contributed by atoms with van der Waals surface area (Å²) in [4.78, 5) is 1.49. The van der Waals surface area contributed by atoms with E-state index >= 15 is 0 Å². The minimum absolute atomic E-state index is 0.170. The highest BCUT2D eigenvalue weighted by Crippen LogP contribution is 2.29. The number of likely N-dealkylation sites (tertiary alicyclic amines) is 1. The van der Waals surface area contributed by atoms with Gasteiger partial charge in [-0.3, -0.25) is 4.90 Å². The third-order valence-corrected chi connectivity index (χ3v) is 2.10. The zero-order valence-electron chi connectivity index (χ0n) is 6.49. The predicted molar refractivity (Wildman–Crippen MR) is 36.3 cm³/mol. The van der Waals surface area contributed by atoms with Crippen molar-refractivity contribution in [1.29, 1.82) is 0 Å². The SMILES string of the molecule is CCC(N1CCC1)C(F)(F)F. The molecule has 0 spiro atoms. The third kappa shape index (κ3) is 1.86. The molecule has 1 fully saturated rings. The molecule has 0 N–H and O–H groups in total. The van der Waals surface area contributed by atoms with Crippen LogP contribution in [-0.2, 0) is 0 Å². The van der Waals surface area contributed by atoms with Crippen LogP contribution in [0.15, 0.2) is 0 Å². The minimum Gasteiger partial charge on any atom is -0.292 e. The molecule has 1 aliphatic heterocycles. The average molecular weight is 167 g/mol. The highest BCUT2D eigenvalue weighted by atomic mass is 19.4. The van der Waals surface area contributed by atoms with E-state index in [2.05, 4.69) is 0 Å². The Balaban J connectivity index is 2.48. The van der Waals surface area contributed by atoms with Crippen molar-refractivity contribution in [2.75, 3.05) is 13.1 Å². The first-order valence-corrected chi connectivity index (χ1v) is 3.86. The van der Waals surface area contributed by atoms with Gasteiger partial charge in [-0.2, -0.15) is 13.2 Å². The summed E-state index contributed by atoms with van der Waals surface area (Å²) >= 11 is 0. The van der Waals surface area contributed by atoms with Gasteiger partial charge in [0.1, 0.15) is 6.04 Å². The van der Waals surface area contributed by atoms with Crippen LogP contribution in [0, 0.1) is 0 Å². The summed E-state index contributed by atoms with van der Waals surface area (Å²) < 4.78 is 36.5. The van der Waals surface area contributed by atoms with E-state index in [9.17, 15) is 13.2 Å². The second-order valence-electron chi connectivity index (χ2n) is 2.86. The van der Waals surface area contributed by atoms with Gasteiger partial charge in [-0.05, 0) is 25.9 Å². The molecular formula is C7H12F3N. The molecule has 4 heteroatoms. The Morgan fingerprint density at radius 3 is 2.00 bits per heavy atom. The van der Waals surface area contributed by atoms with Gasteiger partial charge in [-0.25, -0.2) is 0 Å². The number of halogens is 3. The fraction of sp³-hybridized carbons (Fsp3) is 1.00. The largest absolute Gasteiger partial charge is 0.404 e.